The molecule has 1 aromatic rings. The van der Waals surface area contributed by atoms with Crippen LogP contribution in [-0.2, 0) is 10.0 Å². The second-order valence-corrected chi connectivity index (χ2v) is 8.01. The lowest BCUT2D eigenvalue weighted by molar-refractivity contribution is 0.336. The third kappa shape index (κ3) is 3.55. The van der Waals surface area contributed by atoms with E-state index >= 15 is 0 Å². The molecule has 0 saturated heterocycles. The van der Waals surface area contributed by atoms with Crippen molar-refractivity contribution >= 4 is 26.0 Å². The van der Waals surface area contributed by atoms with E-state index in [0.717, 1.165) is 37.8 Å². The summed E-state index contributed by atoms with van der Waals surface area (Å²) in [5, 5.41) is 0. The lowest BCUT2D eigenvalue weighted by atomic mass is 9.89. The highest BCUT2D eigenvalue weighted by atomic mass is 79.9. The molecule has 0 aliphatic heterocycles. The number of nitrogens with one attached hydrogen (secondary N) is 1. The zero-order valence-corrected chi connectivity index (χ0v) is 13.2. The molecule has 1 N–H and O–H groups in total. The van der Waals surface area contributed by atoms with Gasteiger partial charge in [-0.1, -0.05) is 19.8 Å². The molecule has 0 heterocycles. The minimum atomic E-state index is -3.60. The number of benzene rings is 1. The van der Waals surface area contributed by atoms with Gasteiger partial charge in [0.2, 0.25) is 10.0 Å². The summed E-state index contributed by atoms with van der Waals surface area (Å²) in [4.78, 5) is 0.0792. The maximum atomic E-state index is 13.0. The Hall–Kier alpha value is -0.460. The molecule has 1 aromatic carbocycles. The third-order valence-corrected chi connectivity index (χ3v) is 6.06. The SMILES string of the molecule is CC1(CNS(=O)(=O)c2ccc(F)cc2Br)CCCC1. The number of halogens is 2. The summed E-state index contributed by atoms with van der Waals surface area (Å²) in [7, 11) is -3.60. The van der Waals surface area contributed by atoms with Crippen molar-refractivity contribution in [2.24, 2.45) is 5.41 Å². The molecule has 0 spiro atoms. The monoisotopic (exact) mass is 349 g/mol. The summed E-state index contributed by atoms with van der Waals surface area (Å²) in [5.74, 6) is -0.464. The van der Waals surface area contributed by atoms with Gasteiger partial charge in [-0.25, -0.2) is 17.5 Å². The summed E-state index contributed by atoms with van der Waals surface area (Å²) in [6, 6.07) is 3.58. The lowest BCUT2D eigenvalue weighted by Gasteiger charge is -2.23. The molecule has 0 unspecified atom stereocenters. The van der Waals surface area contributed by atoms with Gasteiger partial charge < -0.3 is 0 Å². The van der Waals surface area contributed by atoms with Gasteiger partial charge in [-0.3, -0.25) is 0 Å². The Morgan fingerprint density at radius 3 is 2.58 bits per heavy atom. The van der Waals surface area contributed by atoms with Crippen LogP contribution in [0.3, 0.4) is 0 Å². The van der Waals surface area contributed by atoms with Crippen molar-refractivity contribution in [3.8, 4) is 0 Å². The van der Waals surface area contributed by atoms with Crippen molar-refractivity contribution in [3.63, 3.8) is 0 Å². The molecule has 0 atom stereocenters. The molecule has 0 radical (unpaired) electrons. The molecule has 6 heteroatoms. The Bertz CT molecular complexity index is 568. The van der Waals surface area contributed by atoms with Crippen LogP contribution in [-0.4, -0.2) is 15.0 Å². The second-order valence-electron chi connectivity index (χ2n) is 5.42. The molecule has 3 nitrogen and oxygen atoms in total. The van der Waals surface area contributed by atoms with Crippen molar-refractivity contribution in [3.05, 3.63) is 28.5 Å². The maximum Gasteiger partial charge on any atom is 0.241 e. The van der Waals surface area contributed by atoms with E-state index in [2.05, 4.69) is 27.6 Å². The molecule has 1 aliphatic carbocycles. The van der Waals surface area contributed by atoms with Gasteiger partial charge in [-0.05, 0) is 52.4 Å². The highest BCUT2D eigenvalue weighted by Crippen LogP contribution is 2.37. The Morgan fingerprint density at radius 1 is 1.37 bits per heavy atom. The minimum absolute atomic E-state index is 0.0412. The van der Waals surface area contributed by atoms with Gasteiger partial charge in [-0.2, -0.15) is 0 Å². The minimum Gasteiger partial charge on any atom is -0.211 e. The first-order valence-electron chi connectivity index (χ1n) is 6.27. The number of rotatable bonds is 4. The fraction of sp³-hybridized carbons (Fsp3) is 0.538. The Morgan fingerprint density at radius 2 is 2.00 bits per heavy atom. The number of hydrogen-bond donors (Lipinski definition) is 1. The van der Waals surface area contributed by atoms with E-state index < -0.39 is 15.8 Å². The van der Waals surface area contributed by atoms with Crippen LogP contribution >= 0.6 is 15.9 Å². The smallest absolute Gasteiger partial charge is 0.211 e. The average Bonchev–Trinajstić information content (AvgIpc) is 2.74. The van der Waals surface area contributed by atoms with Crippen LogP contribution in [0.1, 0.15) is 32.6 Å². The Kier molecular flexibility index (Phi) is 4.32. The summed E-state index contributed by atoms with van der Waals surface area (Å²) in [5.41, 5.74) is 0.0412. The largest absolute Gasteiger partial charge is 0.241 e. The fourth-order valence-corrected chi connectivity index (χ4v) is 4.69. The molecule has 19 heavy (non-hydrogen) atoms. The molecule has 0 aromatic heterocycles. The standard InChI is InChI=1S/C13H17BrFNO2S/c1-13(6-2-3-7-13)9-16-19(17,18)12-5-4-10(15)8-11(12)14/h4-5,8,16H,2-3,6-7,9H2,1H3. The van der Waals surface area contributed by atoms with Crippen LogP contribution in [0.5, 0.6) is 0 Å². The van der Waals surface area contributed by atoms with Crippen molar-refractivity contribution in [1.29, 1.82) is 0 Å². The van der Waals surface area contributed by atoms with Gasteiger partial charge in [0.15, 0.2) is 0 Å². The van der Waals surface area contributed by atoms with Gasteiger partial charge in [0.05, 0.1) is 4.90 Å². The van der Waals surface area contributed by atoms with E-state index in [9.17, 15) is 12.8 Å². The predicted molar refractivity (Wildman–Crippen MR) is 75.9 cm³/mol. The van der Waals surface area contributed by atoms with Gasteiger partial charge in [0.25, 0.3) is 0 Å². The predicted octanol–water partition coefficient (Wildman–Crippen LogP) is 3.45. The molecular weight excluding hydrogens is 333 g/mol. The van der Waals surface area contributed by atoms with Crippen molar-refractivity contribution < 1.29 is 12.8 Å². The first-order chi connectivity index (χ1) is 8.82. The van der Waals surface area contributed by atoms with Gasteiger partial charge in [0.1, 0.15) is 5.82 Å². The van der Waals surface area contributed by atoms with E-state index in [-0.39, 0.29) is 14.8 Å². The normalized spacial score (nSPS) is 18.7. The summed E-state index contributed by atoms with van der Waals surface area (Å²) in [6.45, 7) is 2.53. The zero-order chi connectivity index (χ0) is 14.1. The van der Waals surface area contributed by atoms with Crippen LogP contribution in [0.4, 0.5) is 4.39 Å². The van der Waals surface area contributed by atoms with E-state index in [1.54, 1.807) is 0 Å². The van der Waals surface area contributed by atoms with E-state index in [0.29, 0.717) is 6.54 Å². The van der Waals surface area contributed by atoms with E-state index in [4.69, 9.17) is 0 Å². The van der Waals surface area contributed by atoms with Crippen LogP contribution < -0.4 is 4.72 Å². The van der Waals surface area contributed by atoms with Crippen LogP contribution in [0, 0.1) is 11.2 Å². The topological polar surface area (TPSA) is 46.2 Å². The average molecular weight is 350 g/mol. The molecule has 1 aliphatic rings. The summed E-state index contributed by atoms with van der Waals surface area (Å²) < 4.78 is 40.3. The second kappa shape index (κ2) is 5.50. The van der Waals surface area contributed by atoms with Crippen molar-refractivity contribution in [2.45, 2.75) is 37.5 Å². The quantitative estimate of drug-likeness (QED) is 0.904. The Labute approximate surface area is 121 Å². The van der Waals surface area contributed by atoms with Crippen molar-refractivity contribution in [2.75, 3.05) is 6.54 Å². The number of sulfonamides is 1. The molecular formula is C13H17BrFNO2S. The first kappa shape index (κ1) is 14.9. The molecule has 1 fully saturated rings. The Balaban J connectivity index is 2.14. The van der Waals surface area contributed by atoms with E-state index in [1.807, 2.05) is 0 Å². The first-order valence-corrected chi connectivity index (χ1v) is 8.55. The lowest BCUT2D eigenvalue weighted by Crippen LogP contribution is -2.34. The molecule has 0 amide bonds. The molecule has 106 valence electrons. The highest BCUT2D eigenvalue weighted by Gasteiger charge is 2.30. The van der Waals surface area contributed by atoms with Crippen LogP contribution in [0.15, 0.2) is 27.6 Å². The van der Waals surface area contributed by atoms with E-state index in [1.165, 1.54) is 6.07 Å². The van der Waals surface area contributed by atoms with Gasteiger partial charge in [-0.15, -0.1) is 0 Å². The van der Waals surface area contributed by atoms with Crippen molar-refractivity contribution in [1.82, 2.24) is 4.72 Å². The van der Waals surface area contributed by atoms with Crippen LogP contribution in [0.25, 0.3) is 0 Å². The van der Waals surface area contributed by atoms with Gasteiger partial charge in [0, 0.05) is 11.0 Å². The highest BCUT2D eigenvalue weighted by molar-refractivity contribution is 9.10. The van der Waals surface area contributed by atoms with Crippen LogP contribution in [0.2, 0.25) is 0 Å². The molecule has 0 bridgehead atoms. The maximum absolute atomic E-state index is 13.0. The van der Waals surface area contributed by atoms with Gasteiger partial charge >= 0.3 is 0 Å². The third-order valence-electron chi connectivity index (χ3n) is 3.68. The summed E-state index contributed by atoms with van der Waals surface area (Å²) in [6.07, 6.45) is 4.39. The molecule has 2 rings (SSSR count). The molecule has 1 saturated carbocycles. The fourth-order valence-electron chi connectivity index (χ4n) is 2.45. The zero-order valence-electron chi connectivity index (χ0n) is 10.7. The summed E-state index contributed by atoms with van der Waals surface area (Å²) >= 11 is 3.09. The number of hydrogen-bond acceptors (Lipinski definition) is 2.